The fourth-order valence-electron chi connectivity index (χ4n) is 5.04. The van der Waals surface area contributed by atoms with E-state index in [1.54, 1.807) is 33.5 Å². The van der Waals surface area contributed by atoms with Crippen LogP contribution in [0.25, 0.3) is 0 Å². The van der Waals surface area contributed by atoms with Crippen molar-refractivity contribution in [2.24, 2.45) is 0 Å². The third-order valence-corrected chi connectivity index (χ3v) is 6.89. The van der Waals surface area contributed by atoms with Crippen LogP contribution in [0.5, 0.6) is 40.2 Å². The van der Waals surface area contributed by atoms with Crippen molar-refractivity contribution in [1.82, 2.24) is 4.90 Å². The molecule has 9 nitrogen and oxygen atoms in total. The zero-order chi connectivity index (χ0) is 29.4. The van der Waals surface area contributed by atoms with Crippen molar-refractivity contribution < 1.29 is 38.0 Å². The Hall–Kier alpha value is -4.27. The average Bonchev–Trinajstić information content (AvgIpc) is 3.00. The Balaban J connectivity index is 1.77. The first kappa shape index (κ1) is 29.7. The predicted molar refractivity (Wildman–Crippen MR) is 155 cm³/mol. The van der Waals surface area contributed by atoms with E-state index < -0.39 is 6.04 Å². The van der Waals surface area contributed by atoms with Gasteiger partial charge in [-0.3, -0.25) is 4.79 Å². The maximum Gasteiger partial charge on any atom is 0.254 e. The maximum atomic E-state index is 14.3. The standard InChI is InChI=1S/C32H39NO8/c1-7-38-29-17-22(18-30(39-8-2)31(29)40-9-3)32(34)33-15-14-21-16-27(36-5)28(37-6)19-23(21)24(33)20-41-26-13-11-10-12-25(26)35-4/h10-13,16-19,24H,7-9,14-15,20H2,1-6H3/t24-/m1/s1. The Bertz CT molecular complexity index is 1310. The smallest absolute Gasteiger partial charge is 0.254 e. The fraction of sp³-hybridized carbons (Fsp3) is 0.406. The number of methoxy groups -OCH3 is 3. The first-order chi connectivity index (χ1) is 20.0. The van der Waals surface area contributed by atoms with Crippen molar-refractivity contribution >= 4 is 5.91 Å². The number of rotatable bonds is 13. The van der Waals surface area contributed by atoms with E-state index in [0.29, 0.717) is 78.6 Å². The van der Waals surface area contributed by atoms with Crippen molar-refractivity contribution in [1.29, 1.82) is 0 Å². The number of fused-ring (bicyclic) bond motifs is 1. The summed E-state index contributed by atoms with van der Waals surface area (Å²) < 4.78 is 40.5. The van der Waals surface area contributed by atoms with Crippen molar-refractivity contribution in [3.63, 3.8) is 0 Å². The molecule has 1 aliphatic rings. The van der Waals surface area contributed by atoms with Crippen LogP contribution in [0.4, 0.5) is 0 Å². The van der Waals surface area contributed by atoms with Gasteiger partial charge < -0.3 is 38.1 Å². The van der Waals surface area contributed by atoms with Gasteiger partial charge in [-0.05, 0) is 74.7 Å². The highest BCUT2D eigenvalue weighted by molar-refractivity contribution is 5.96. The number of ether oxygens (including phenoxy) is 7. The Labute approximate surface area is 241 Å². The molecule has 1 atom stereocenters. The normalized spacial score (nSPS) is 14.1. The third-order valence-electron chi connectivity index (χ3n) is 6.89. The zero-order valence-electron chi connectivity index (χ0n) is 24.7. The SMILES string of the molecule is CCOc1cc(C(=O)N2CCc3cc(OC)c(OC)cc3[C@H]2COc2ccccc2OC)cc(OCC)c1OCC. The molecular weight excluding hydrogens is 526 g/mol. The monoisotopic (exact) mass is 565 g/mol. The van der Waals surface area contributed by atoms with Gasteiger partial charge in [0.2, 0.25) is 5.75 Å². The molecule has 0 bridgehead atoms. The lowest BCUT2D eigenvalue weighted by molar-refractivity contribution is 0.0586. The van der Waals surface area contributed by atoms with Gasteiger partial charge in [0, 0.05) is 12.1 Å². The van der Waals surface area contributed by atoms with Crippen molar-refractivity contribution in [3.8, 4) is 40.2 Å². The molecule has 4 rings (SSSR count). The van der Waals surface area contributed by atoms with Crippen molar-refractivity contribution in [3.05, 3.63) is 65.2 Å². The van der Waals surface area contributed by atoms with Gasteiger partial charge in [-0.25, -0.2) is 0 Å². The summed E-state index contributed by atoms with van der Waals surface area (Å²) in [5, 5.41) is 0. The molecule has 0 fully saturated rings. The minimum atomic E-state index is -0.423. The molecule has 0 radical (unpaired) electrons. The quantitative estimate of drug-likeness (QED) is 0.260. The molecule has 9 heteroatoms. The lowest BCUT2D eigenvalue weighted by Gasteiger charge is -2.38. The summed E-state index contributed by atoms with van der Waals surface area (Å²) in [6.07, 6.45) is 0.639. The van der Waals surface area contributed by atoms with Crippen LogP contribution in [0.1, 0.15) is 48.3 Å². The van der Waals surface area contributed by atoms with E-state index in [0.717, 1.165) is 11.1 Å². The van der Waals surface area contributed by atoms with Gasteiger partial charge in [-0.1, -0.05) is 12.1 Å². The van der Waals surface area contributed by atoms with E-state index in [-0.39, 0.29) is 12.5 Å². The predicted octanol–water partition coefficient (Wildman–Crippen LogP) is 5.73. The van der Waals surface area contributed by atoms with Crippen molar-refractivity contribution in [2.75, 3.05) is 54.3 Å². The van der Waals surface area contributed by atoms with Crippen LogP contribution in [0.3, 0.4) is 0 Å². The molecule has 1 aliphatic heterocycles. The minimum Gasteiger partial charge on any atom is -0.493 e. The lowest BCUT2D eigenvalue weighted by atomic mass is 9.91. The van der Waals surface area contributed by atoms with Crippen LogP contribution in [0.2, 0.25) is 0 Å². The molecule has 0 spiro atoms. The third kappa shape index (κ3) is 6.39. The molecular formula is C32H39NO8. The van der Waals surface area contributed by atoms with E-state index in [1.165, 1.54) is 0 Å². The summed E-state index contributed by atoms with van der Waals surface area (Å²) in [6, 6.07) is 14.4. The number of carbonyl (C=O) groups excluding carboxylic acids is 1. The van der Waals surface area contributed by atoms with E-state index in [4.69, 9.17) is 33.2 Å². The van der Waals surface area contributed by atoms with E-state index in [9.17, 15) is 4.79 Å². The molecule has 3 aromatic rings. The second-order valence-corrected chi connectivity index (χ2v) is 9.23. The Kier molecular flexibility index (Phi) is 10.1. The van der Waals surface area contributed by atoms with E-state index in [1.807, 2.05) is 62.1 Å². The van der Waals surface area contributed by atoms with Gasteiger partial charge in [0.15, 0.2) is 34.5 Å². The highest BCUT2D eigenvalue weighted by atomic mass is 16.5. The molecule has 0 saturated heterocycles. The topological polar surface area (TPSA) is 84.9 Å². The van der Waals surface area contributed by atoms with Gasteiger partial charge in [-0.2, -0.15) is 0 Å². The number of para-hydroxylation sites is 2. The molecule has 3 aromatic carbocycles. The van der Waals surface area contributed by atoms with Crippen LogP contribution < -0.4 is 33.2 Å². The highest BCUT2D eigenvalue weighted by Crippen LogP contribution is 2.42. The van der Waals surface area contributed by atoms with Crippen LogP contribution in [-0.2, 0) is 6.42 Å². The summed E-state index contributed by atoms with van der Waals surface area (Å²) in [7, 11) is 4.81. The summed E-state index contributed by atoms with van der Waals surface area (Å²) in [4.78, 5) is 16.1. The summed E-state index contributed by atoms with van der Waals surface area (Å²) in [5.74, 6) is 3.68. The largest absolute Gasteiger partial charge is 0.493 e. The van der Waals surface area contributed by atoms with Gasteiger partial charge >= 0.3 is 0 Å². The summed E-state index contributed by atoms with van der Waals surface area (Å²) in [6.45, 7) is 7.60. The fourth-order valence-corrected chi connectivity index (χ4v) is 5.04. The molecule has 0 saturated carbocycles. The Morgan fingerprint density at radius 1 is 0.732 bits per heavy atom. The highest BCUT2D eigenvalue weighted by Gasteiger charge is 2.34. The number of benzene rings is 3. The molecule has 1 heterocycles. The number of hydrogen-bond acceptors (Lipinski definition) is 8. The second kappa shape index (κ2) is 13.9. The molecule has 0 aliphatic carbocycles. The molecule has 41 heavy (non-hydrogen) atoms. The lowest BCUT2D eigenvalue weighted by Crippen LogP contribution is -2.42. The summed E-state index contributed by atoms with van der Waals surface area (Å²) in [5.41, 5.74) is 2.43. The molecule has 0 unspecified atom stereocenters. The van der Waals surface area contributed by atoms with Crippen LogP contribution in [0.15, 0.2) is 48.5 Å². The molecule has 1 amide bonds. The first-order valence-corrected chi connectivity index (χ1v) is 13.9. The van der Waals surface area contributed by atoms with Gasteiger partial charge in [0.05, 0.1) is 47.2 Å². The van der Waals surface area contributed by atoms with E-state index >= 15 is 0 Å². The van der Waals surface area contributed by atoms with Gasteiger partial charge in [-0.15, -0.1) is 0 Å². The van der Waals surface area contributed by atoms with Gasteiger partial charge in [0.1, 0.15) is 6.61 Å². The maximum absolute atomic E-state index is 14.3. The number of nitrogens with zero attached hydrogens (tertiary/aromatic N) is 1. The Morgan fingerprint density at radius 2 is 1.32 bits per heavy atom. The second-order valence-electron chi connectivity index (χ2n) is 9.23. The summed E-state index contributed by atoms with van der Waals surface area (Å²) >= 11 is 0. The van der Waals surface area contributed by atoms with Crippen LogP contribution in [0, 0.1) is 0 Å². The minimum absolute atomic E-state index is 0.177. The van der Waals surface area contributed by atoms with Crippen molar-refractivity contribution in [2.45, 2.75) is 33.2 Å². The zero-order valence-corrected chi connectivity index (χ0v) is 24.7. The number of amides is 1. The van der Waals surface area contributed by atoms with Gasteiger partial charge in [0.25, 0.3) is 5.91 Å². The molecule has 0 N–H and O–H groups in total. The Morgan fingerprint density at radius 3 is 1.90 bits per heavy atom. The molecule has 0 aromatic heterocycles. The van der Waals surface area contributed by atoms with E-state index in [2.05, 4.69) is 0 Å². The molecule has 220 valence electrons. The number of carbonyl (C=O) groups is 1. The number of hydrogen-bond donors (Lipinski definition) is 0. The van der Waals surface area contributed by atoms with Crippen LogP contribution in [-0.4, -0.2) is 65.1 Å². The first-order valence-electron chi connectivity index (χ1n) is 13.9. The average molecular weight is 566 g/mol. The van der Waals surface area contributed by atoms with Crippen LogP contribution >= 0.6 is 0 Å².